The molecule has 0 bridgehead atoms. The summed E-state index contributed by atoms with van der Waals surface area (Å²) in [6.45, 7) is 8.61. The van der Waals surface area contributed by atoms with Crippen LogP contribution in [0.25, 0.3) is 11.0 Å². The van der Waals surface area contributed by atoms with Gasteiger partial charge in [0.25, 0.3) is 0 Å². The molecule has 1 aromatic carbocycles. The summed E-state index contributed by atoms with van der Waals surface area (Å²) in [5.41, 5.74) is 2.35. The van der Waals surface area contributed by atoms with Crippen molar-refractivity contribution in [2.45, 2.75) is 26.4 Å². The molecule has 1 aliphatic rings. The Balaban J connectivity index is 0.00000133. The number of rotatable bonds is 2. The Morgan fingerprint density at radius 2 is 2.16 bits per heavy atom. The summed E-state index contributed by atoms with van der Waals surface area (Å²) in [4.78, 5) is 2.51. The van der Waals surface area contributed by atoms with Gasteiger partial charge in [0, 0.05) is 43.2 Å². The molecule has 0 aliphatic carbocycles. The summed E-state index contributed by atoms with van der Waals surface area (Å²) >= 11 is 0. The van der Waals surface area contributed by atoms with Crippen LogP contribution in [0.4, 0.5) is 0 Å². The molecule has 19 heavy (non-hydrogen) atoms. The van der Waals surface area contributed by atoms with Crippen molar-refractivity contribution in [2.24, 2.45) is 0 Å². The first-order valence-corrected chi connectivity index (χ1v) is 6.67. The highest BCUT2D eigenvalue weighted by Crippen LogP contribution is 2.26. The van der Waals surface area contributed by atoms with Gasteiger partial charge in [0.1, 0.15) is 11.3 Å². The van der Waals surface area contributed by atoms with Crippen molar-refractivity contribution in [1.29, 1.82) is 0 Å². The highest BCUT2D eigenvalue weighted by Gasteiger charge is 2.19. The van der Waals surface area contributed by atoms with Crippen LogP contribution in [0.15, 0.2) is 28.7 Å². The Morgan fingerprint density at radius 1 is 1.37 bits per heavy atom. The van der Waals surface area contributed by atoms with Crippen molar-refractivity contribution in [3.05, 3.63) is 35.6 Å². The van der Waals surface area contributed by atoms with E-state index in [4.69, 9.17) is 4.42 Å². The van der Waals surface area contributed by atoms with Gasteiger partial charge >= 0.3 is 0 Å². The molecule has 3 nitrogen and oxygen atoms in total. The van der Waals surface area contributed by atoms with Crippen LogP contribution in [0.1, 0.15) is 18.2 Å². The second-order valence-electron chi connectivity index (χ2n) is 5.22. The quantitative estimate of drug-likeness (QED) is 0.917. The number of benzene rings is 1. The maximum Gasteiger partial charge on any atom is 0.134 e. The fourth-order valence-electron chi connectivity index (χ4n) is 2.80. The van der Waals surface area contributed by atoms with Crippen LogP contribution in [0.2, 0.25) is 0 Å². The number of aryl methyl sites for hydroxylation is 1. The lowest BCUT2D eigenvalue weighted by molar-refractivity contribution is 0.199. The van der Waals surface area contributed by atoms with E-state index in [1.807, 2.05) is 12.1 Å². The van der Waals surface area contributed by atoms with E-state index in [-0.39, 0.29) is 12.4 Å². The standard InChI is InChI=1S/C15H20N2O.ClH/c1-11-9-17(8-7-16-11)10-14-12(2)18-15-6-4-3-5-13(14)15;/h3-6,11,16H,7-10H2,1-2H3;1H. The predicted molar refractivity (Wildman–Crippen MR) is 80.9 cm³/mol. The normalized spacial score (nSPS) is 20.4. The maximum absolute atomic E-state index is 5.83. The van der Waals surface area contributed by atoms with Gasteiger partial charge in [-0.25, -0.2) is 0 Å². The summed E-state index contributed by atoms with van der Waals surface area (Å²) in [6, 6.07) is 8.90. The van der Waals surface area contributed by atoms with E-state index in [2.05, 4.69) is 36.2 Å². The molecule has 104 valence electrons. The SMILES string of the molecule is Cc1oc2ccccc2c1CN1CCNC(C)C1.Cl. The fraction of sp³-hybridized carbons (Fsp3) is 0.467. The van der Waals surface area contributed by atoms with Crippen molar-refractivity contribution < 1.29 is 4.42 Å². The minimum Gasteiger partial charge on any atom is -0.461 e. The first-order chi connectivity index (χ1) is 8.74. The summed E-state index contributed by atoms with van der Waals surface area (Å²) in [6.07, 6.45) is 0. The Morgan fingerprint density at radius 3 is 2.95 bits per heavy atom. The molecule has 1 aromatic heterocycles. The molecule has 0 spiro atoms. The molecule has 1 saturated heterocycles. The van der Waals surface area contributed by atoms with E-state index < -0.39 is 0 Å². The number of nitrogens with one attached hydrogen (secondary N) is 1. The number of halogens is 1. The van der Waals surface area contributed by atoms with Crippen LogP contribution in [0, 0.1) is 6.92 Å². The average molecular weight is 281 g/mol. The Hall–Kier alpha value is -1.03. The van der Waals surface area contributed by atoms with Gasteiger partial charge in [0.15, 0.2) is 0 Å². The lowest BCUT2D eigenvalue weighted by atomic mass is 10.1. The van der Waals surface area contributed by atoms with Crippen LogP contribution in [-0.4, -0.2) is 30.6 Å². The number of furan rings is 1. The van der Waals surface area contributed by atoms with E-state index in [9.17, 15) is 0 Å². The lowest BCUT2D eigenvalue weighted by Gasteiger charge is -2.31. The second-order valence-corrected chi connectivity index (χ2v) is 5.22. The molecule has 0 saturated carbocycles. The lowest BCUT2D eigenvalue weighted by Crippen LogP contribution is -2.48. The van der Waals surface area contributed by atoms with E-state index >= 15 is 0 Å². The monoisotopic (exact) mass is 280 g/mol. The molecule has 2 heterocycles. The molecule has 3 rings (SSSR count). The molecule has 1 N–H and O–H groups in total. The van der Waals surface area contributed by atoms with Crippen molar-refractivity contribution >= 4 is 23.4 Å². The molecule has 1 unspecified atom stereocenters. The van der Waals surface area contributed by atoms with Gasteiger partial charge in [0.05, 0.1) is 0 Å². The summed E-state index contributed by atoms with van der Waals surface area (Å²) in [5.74, 6) is 1.06. The average Bonchev–Trinajstić information content (AvgIpc) is 2.66. The van der Waals surface area contributed by atoms with Gasteiger partial charge in [-0.1, -0.05) is 18.2 Å². The minimum absolute atomic E-state index is 0. The number of nitrogens with zero attached hydrogens (tertiary/aromatic N) is 1. The predicted octanol–water partition coefficient (Wildman–Crippen LogP) is 2.96. The molecule has 0 radical (unpaired) electrons. The van der Waals surface area contributed by atoms with Gasteiger partial charge in [-0.05, 0) is 19.9 Å². The van der Waals surface area contributed by atoms with E-state index in [0.29, 0.717) is 6.04 Å². The van der Waals surface area contributed by atoms with Crippen LogP contribution in [0.5, 0.6) is 0 Å². The van der Waals surface area contributed by atoms with Gasteiger partial charge < -0.3 is 9.73 Å². The molecular weight excluding hydrogens is 260 g/mol. The molecule has 1 atom stereocenters. The smallest absolute Gasteiger partial charge is 0.134 e. The van der Waals surface area contributed by atoms with E-state index in [1.165, 1.54) is 10.9 Å². The fourth-order valence-corrected chi connectivity index (χ4v) is 2.80. The molecule has 1 fully saturated rings. The largest absolute Gasteiger partial charge is 0.461 e. The van der Waals surface area contributed by atoms with Crippen LogP contribution >= 0.6 is 12.4 Å². The third kappa shape index (κ3) is 2.94. The molecular formula is C15H21ClN2O. The van der Waals surface area contributed by atoms with Gasteiger partial charge in [0.2, 0.25) is 0 Å². The summed E-state index contributed by atoms with van der Waals surface area (Å²) in [7, 11) is 0. The first-order valence-electron chi connectivity index (χ1n) is 6.67. The number of hydrogen-bond donors (Lipinski definition) is 1. The van der Waals surface area contributed by atoms with Gasteiger partial charge in [-0.3, -0.25) is 4.90 Å². The zero-order chi connectivity index (χ0) is 12.5. The van der Waals surface area contributed by atoms with E-state index in [0.717, 1.165) is 37.5 Å². The minimum atomic E-state index is 0. The van der Waals surface area contributed by atoms with Crippen LogP contribution in [-0.2, 0) is 6.54 Å². The Labute approximate surface area is 120 Å². The van der Waals surface area contributed by atoms with E-state index in [1.54, 1.807) is 0 Å². The van der Waals surface area contributed by atoms with Crippen molar-refractivity contribution in [3.63, 3.8) is 0 Å². The Bertz CT molecular complexity index is 552. The second kappa shape index (κ2) is 5.95. The summed E-state index contributed by atoms with van der Waals surface area (Å²) < 4.78 is 5.83. The maximum atomic E-state index is 5.83. The molecule has 1 aliphatic heterocycles. The third-order valence-electron chi connectivity index (χ3n) is 3.73. The number of para-hydroxylation sites is 1. The molecule has 2 aromatic rings. The van der Waals surface area contributed by atoms with Gasteiger partial charge in [-0.2, -0.15) is 0 Å². The molecule has 4 heteroatoms. The van der Waals surface area contributed by atoms with Crippen molar-refractivity contribution in [3.8, 4) is 0 Å². The van der Waals surface area contributed by atoms with Crippen molar-refractivity contribution in [2.75, 3.05) is 19.6 Å². The summed E-state index contributed by atoms with van der Waals surface area (Å²) in [5, 5.41) is 4.74. The highest BCUT2D eigenvalue weighted by atomic mass is 35.5. The topological polar surface area (TPSA) is 28.4 Å². The van der Waals surface area contributed by atoms with Crippen molar-refractivity contribution in [1.82, 2.24) is 10.2 Å². The van der Waals surface area contributed by atoms with Crippen LogP contribution in [0.3, 0.4) is 0 Å². The zero-order valence-corrected chi connectivity index (χ0v) is 12.3. The van der Waals surface area contributed by atoms with Crippen LogP contribution < -0.4 is 5.32 Å². The highest BCUT2D eigenvalue weighted by molar-refractivity contribution is 5.85. The number of piperazine rings is 1. The van der Waals surface area contributed by atoms with Gasteiger partial charge in [-0.15, -0.1) is 12.4 Å². The first kappa shape index (κ1) is 14.4. The molecule has 0 amide bonds. The number of fused-ring (bicyclic) bond motifs is 1. The zero-order valence-electron chi connectivity index (χ0n) is 11.5. The Kier molecular flexibility index (Phi) is 4.50. The number of hydrogen-bond acceptors (Lipinski definition) is 3. The third-order valence-corrected chi connectivity index (χ3v) is 3.73.